The first-order valence-electron chi connectivity index (χ1n) is 4.71. The zero-order chi connectivity index (χ0) is 9.26. The second-order valence-corrected chi connectivity index (χ2v) is 3.68. The van der Waals surface area contributed by atoms with Gasteiger partial charge >= 0.3 is 0 Å². The molecule has 0 aliphatic carbocycles. The largest absolute Gasteiger partial charge is 0.378 e. The molecule has 0 saturated carbocycles. The molecule has 0 bridgehead atoms. The van der Waals surface area contributed by atoms with Crippen molar-refractivity contribution in [2.24, 2.45) is 5.92 Å². The summed E-state index contributed by atoms with van der Waals surface area (Å²) in [5.74, 6) is -0.413. The Morgan fingerprint density at radius 3 is 2.85 bits per heavy atom. The Labute approximate surface area is 76.6 Å². The van der Waals surface area contributed by atoms with E-state index in [1.165, 1.54) is 0 Å². The van der Waals surface area contributed by atoms with Gasteiger partial charge in [-0.3, -0.25) is 14.9 Å². The number of ether oxygens (including phenoxy) is 1. The number of carbonyl (C=O) groups is 2. The van der Waals surface area contributed by atoms with Crippen molar-refractivity contribution in [1.29, 1.82) is 0 Å². The van der Waals surface area contributed by atoms with Crippen molar-refractivity contribution in [3.63, 3.8) is 0 Å². The second kappa shape index (κ2) is 3.46. The van der Waals surface area contributed by atoms with E-state index in [1.807, 2.05) is 0 Å². The monoisotopic (exact) mass is 183 g/mol. The molecule has 0 spiro atoms. The predicted octanol–water partition coefficient (Wildman–Crippen LogP) is 0.218. The molecule has 2 saturated heterocycles. The van der Waals surface area contributed by atoms with E-state index in [0.29, 0.717) is 12.8 Å². The fourth-order valence-corrected chi connectivity index (χ4v) is 1.94. The van der Waals surface area contributed by atoms with Gasteiger partial charge in [0.15, 0.2) is 0 Å². The minimum absolute atomic E-state index is 0.125. The van der Waals surface area contributed by atoms with Gasteiger partial charge in [-0.2, -0.15) is 0 Å². The van der Waals surface area contributed by atoms with E-state index < -0.39 is 0 Å². The standard InChI is InChI=1S/C9H13NO3/c11-8-5-6(9(12)10-8)4-7-2-1-3-13-7/h6-7H,1-5H2,(H,10,11,12). The van der Waals surface area contributed by atoms with Gasteiger partial charge in [0, 0.05) is 18.9 Å². The second-order valence-electron chi connectivity index (χ2n) is 3.68. The molecule has 1 N–H and O–H groups in total. The number of hydrogen-bond donors (Lipinski definition) is 1. The molecule has 2 atom stereocenters. The number of hydrogen-bond acceptors (Lipinski definition) is 3. The minimum atomic E-state index is -0.145. The number of amides is 2. The normalized spacial score (nSPS) is 33.8. The summed E-state index contributed by atoms with van der Waals surface area (Å²) in [6.45, 7) is 0.799. The Kier molecular flexibility index (Phi) is 2.31. The van der Waals surface area contributed by atoms with Crippen LogP contribution in [0.2, 0.25) is 0 Å². The van der Waals surface area contributed by atoms with Crippen LogP contribution in [0.5, 0.6) is 0 Å². The van der Waals surface area contributed by atoms with Crippen molar-refractivity contribution >= 4 is 11.8 Å². The molecule has 2 unspecified atom stereocenters. The third-order valence-electron chi connectivity index (χ3n) is 2.64. The van der Waals surface area contributed by atoms with Gasteiger partial charge in [0.2, 0.25) is 11.8 Å². The Hall–Kier alpha value is -0.900. The molecule has 2 heterocycles. The minimum Gasteiger partial charge on any atom is -0.378 e. The SMILES string of the molecule is O=C1CC(CC2CCCO2)C(=O)N1. The number of imide groups is 1. The van der Waals surface area contributed by atoms with Gasteiger partial charge in [-0.1, -0.05) is 0 Å². The van der Waals surface area contributed by atoms with E-state index >= 15 is 0 Å². The van der Waals surface area contributed by atoms with Crippen LogP contribution in [0.15, 0.2) is 0 Å². The summed E-state index contributed by atoms with van der Waals surface area (Å²) in [4.78, 5) is 22.0. The van der Waals surface area contributed by atoms with Gasteiger partial charge in [-0.25, -0.2) is 0 Å². The van der Waals surface area contributed by atoms with E-state index in [9.17, 15) is 9.59 Å². The van der Waals surface area contributed by atoms with Gasteiger partial charge < -0.3 is 4.74 Å². The zero-order valence-electron chi connectivity index (χ0n) is 7.41. The molecule has 2 amide bonds. The molecule has 0 aromatic rings. The Bertz CT molecular complexity index is 233. The lowest BCUT2D eigenvalue weighted by molar-refractivity contribution is -0.126. The Morgan fingerprint density at radius 2 is 2.31 bits per heavy atom. The van der Waals surface area contributed by atoms with Crippen LogP contribution >= 0.6 is 0 Å². The van der Waals surface area contributed by atoms with Crippen LogP contribution in [0.3, 0.4) is 0 Å². The van der Waals surface area contributed by atoms with Crippen LogP contribution < -0.4 is 5.32 Å². The molecule has 0 aromatic carbocycles. The van der Waals surface area contributed by atoms with E-state index in [4.69, 9.17) is 4.74 Å². The first-order valence-corrected chi connectivity index (χ1v) is 4.71. The van der Waals surface area contributed by atoms with Crippen LogP contribution in [0.25, 0.3) is 0 Å². The molecule has 0 aromatic heterocycles. The quantitative estimate of drug-likeness (QED) is 0.623. The molecule has 2 aliphatic rings. The van der Waals surface area contributed by atoms with Crippen molar-refractivity contribution in [1.82, 2.24) is 5.32 Å². The molecular weight excluding hydrogens is 170 g/mol. The maximum Gasteiger partial charge on any atom is 0.230 e. The summed E-state index contributed by atoms with van der Waals surface area (Å²) >= 11 is 0. The van der Waals surface area contributed by atoms with Gasteiger partial charge in [0.25, 0.3) is 0 Å². The Balaban J connectivity index is 1.87. The number of nitrogens with one attached hydrogen (secondary N) is 1. The van der Waals surface area contributed by atoms with Crippen LogP contribution in [-0.4, -0.2) is 24.5 Å². The van der Waals surface area contributed by atoms with Crippen LogP contribution in [-0.2, 0) is 14.3 Å². The van der Waals surface area contributed by atoms with Crippen LogP contribution in [0, 0.1) is 5.92 Å². The third-order valence-corrected chi connectivity index (χ3v) is 2.64. The maximum atomic E-state index is 11.2. The maximum absolute atomic E-state index is 11.2. The summed E-state index contributed by atoms with van der Waals surface area (Å²) in [5, 5.41) is 2.31. The third kappa shape index (κ3) is 1.88. The lowest BCUT2D eigenvalue weighted by Crippen LogP contribution is -2.24. The van der Waals surface area contributed by atoms with E-state index in [1.54, 1.807) is 0 Å². The molecule has 2 fully saturated rings. The van der Waals surface area contributed by atoms with Crippen molar-refractivity contribution in [2.75, 3.05) is 6.61 Å². The van der Waals surface area contributed by atoms with Gasteiger partial charge in [-0.05, 0) is 19.3 Å². The van der Waals surface area contributed by atoms with Crippen molar-refractivity contribution < 1.29 is 14.3 Å². The zero-order valence-corrected chi connectivity index (χ0v) is 7.41. The highest BCUT2D eigenvalue weighted by Crippen LogP contribution is 2.24. The summed E-state index contributed by atoms with van der Waals surface area (Å²) in [5.41, 5.74) is 0. The molecule has 72 valence electrons. The van der Waals surface area contributed by atoms with Crippen molar-refractivity contribution in [2.45, 2.75) is 31.8 Å². The summed E-state index contributed by atoms with van der Waals surface area (Å²) < 4.78 is 5.41. The Morgan fingerprint density at radius 1 is 1.46 bits per heavy atom. The predicted molar refractivity (Wildman–Crippen MR) is 44.8 cm³/mol. The first kappa shape index (κ1) is 8.69. The van der Waals surface area contributed by atoms with E-state index in [0.717, 1.165) is 19.4 Å². The van der Waals surface area contributed by atoms with Gasteiger partial charge in [0.1, 0.15) is 0 Å². The summed E-state index contributed by atoms with van der Waals surface area (Å²) in [6.07, 6.45) is 3.35. The first-order chi connectivity index (χ1) is 6.25. The molecular formula is C9H13NO3. The highest BCUT2D eigenvalue weighted by molar-refractivity contribution is 6.03. The summed E-state index contributed by atoms with van der Waals surface area (Å²) in [6, 6.07) is 0. The highest BCUT2D eigenvalue weighted by Gasteiger charge is 2.33. The topological polar surface area (TPSA) is 55.4 Å². The molecule has 2 rings (SSSR count). The molecule has 4 nitrogen and oxygen atoms in total. The number of carbonyl (C=O) groups excluding carboxylic acids is 2. The number of rotatable bonds is 2. The average Bonchev–Trinajstić information content (AvgIpc) is 2.63. The summed E-state index contributed by atoms with van der Waals surface area (Å²) in [7, 11) is 0. The van der Waals surface area contributed by atoms with E-state index in [-0.39, 0.29) is 23.8 Å². The van der Waals surface area contributed by atoms with Crippen molar-refractivity contribution in [3.8, 4) is 0 Å². The lowest BCUT2D eigenvalue weighted by atomic mass is 9.98. The van der Waals surface area contributed by atoms with Gasteiger partial charge in [-0.15, -0.1) is 0 Å². The van der Waals surface area contributed by atoms with Gasteiger partial charge in [0.05, 0.1) is 6.10 Å². The molecule has 13 heavy (non-hydrogen) atoms. The average molecular weight is 183 g/mol. The van der Waals surface area contributed by atoms with Crippen LogP contribution in [0.4, 0.5) is 0 Å². The van der Waals surface area contributed by atoms with E-state index in [2.05, 4.69) is 5.32 Å². The van der Waals surface area contributed by atoms with Crippen molar-refractivity contribution in [3.05, 3.63) is 0 Å². The smallest absolute Gasteiger partial charge is 0.230 e. The lowest BCUT2D eigenvalue weighted by Gasteiger charge is -2.11. The fourth-order valence-electron chi connectivity index (χ4n) is 1.94. The van der Waals surface area contributed by atoms with Crippen LogP contribution in [0.1, 0.15) is 25.7 Å². The fraction of sp³-hybridized carbons (Fsp3) is 0.778. The molecule has 4 heteroatoms. The molecule has 0 radical (unpaired) electrons. The highest BCUT2D eigenvalue weighted by atomic mass is 16.5. The molecule has 2 aliphatic heterocycles.